The minimum absolute atomic E-state index is 0.0764. The smallest absolute Gasteiger partial charge is 0.325 e. The summed E-state index contributed by atoms with van der Waals surface area (Å²) in [6, 6.07) is 0. The fraction of sp³-hybridized carbons (Fsp3) is 0.571. The molecular formula is C21H24F2N11O6PS. The number of nitrogens with zero attached hydrogens (tertiary/aromatic N) is 8. The average molecular weight is 628 g/mol. The van der Waals surface area contributed by atoms with Crippen LogP contribution in [0.1, 0.15) is 31.7 Å². The minimum atomic E-state index is -4.15. The van der Waals surface area contributed by atoms with Gasteiger partial charge in [0.15, 0.2) is 47.4 Å². The molecule has 3 aliphatic heterocycles. The Morgan fingerprint density at radius 2 is 1.88 bits per heavy atom. The Bertz CT molecular complexity index is 1770. The molecule has 0 aliphatic carbocycles. The maximum Gasteiger partial charge on any atom is 0.325 e. The lowest BCUT2D eigenvalue weighted by Crippen LogP contribution is -2.33. The van der Waals surface area contributed by atoms with Crippen LogP contribution in [0.5, 0.6) is 0 Å². The van der Waals surface area contributed by atoms with E-state index in [-0.39, 0.29) is 42.4 Å². The van der Waals surface area contributed by atoms with Crippen molar-refractivity contribution in [2.75, 3.05) is 18.1 Å². The van der Waals surface area contributed by atoms with Gasteiger partial charge in [-0.05, 0) is 24.6 Å². The molecule has 0 amide bonds. The molecule has 0 radical (unpaired) electrons. The summed E-state index contributed by atoms with van der Waals surface area (Å²) >= 11 is 5.20. The molecule has 6 N–H and O–H groups in total. The first-order chi connectivity index (χ1) is 20.1. The van der Waals surface area contributed by atoms with E-state index >= 15 is 8.78 Å². The van der Waals surface area contributed by atoms with Crippen LogP contribution in [0.15, 0.2) is 17.4 Å². The zero-order valence-corrected chi connectivity index (χ0v) is 23.1. The van der Waals surface area contributed by atoms with Crippen LogP contribution >= 0.6 is 6.72 Å². The number of imidazole rings is 1. The fourth-order valence-corrected chi connectivity index (χ4v) is 7.13. The lowest BCUT2D eigenvalue weighted by atomic mass is 9.92. The van der Waals surface area contributed by atoms with Gasteiger partial charge in [0.1, 0.15) is 17.9 Å². The van der Waals surface area contributed by atoms with E-state index in [1.807, 2.05) is 0 Å². The standard InChI is InChI=1S/C21H24F2N11O6PS/c22-10-7-2-1-3-8-11(23)14(20(38-8)34-17-13(31-32-34)18(35)30-21(25)29-17)40-41(36,42)37-4-9(7)39-19(10)33-6-28-12-15(24)26-5-27-16(12)33/h5-11,14,19-20H,1-4H2,(H,36,42)(H2,24,26,27)(H3,25,29,30,35)/t7-,8?,9-,10+,11-,14-,19-,20-,41?/m1/s1. The third-order valence-corrected chi connectivity index (χ3v) is 9.24. The van der Waals surface area contributed by atoms with Crippen molar-refractivity contribution in [2.45, 2.75) is 62.4 Å². The van der Waals surface area contributed by atoms with Crippen LogP contribution in [-0.4, -0.2) is 86.6 Å². The van der Waals surface area contributed by atoms with Crippen molar-refractivity contribution in [3.05, 3.63) is 23.0 Å². The minimum Gasteiger partial charge on any atom is -0.382 e. The number of alkyl halides is 2. The number of nitrogens with two attached hydrogens (primary N) is 2. The number of nitrogen functional groups attached to an aromatic ring is 2. The van der Waals surface area contributed by atoms with Gasteiger partial charge in [-0.25, -0.2) is 23.7 Å². The number of aromatic amines is 1. The predicted octanol–water partition coefficient (Wildman–Crippen LogP) is 0.409. The fourth-order valence-electron chi connectivity index (χ4n) is 5.72. The van der Waals surface area contributed by atoms with E-state index < -0.39 is 61.3 Å². The molecule has 42 heavy (non-hydrogen) atoms. The number of rotatable bonds is 2. The molecule has 21 heteroatoms. The zero-order chi connectivity index (χ0) is 29.3. The van der Waals surface area contributed by atoms with Crippen LogP contribution in [0.4, 0.5) is 20.5 Å². The Morgan fingerprint density at radius 3 is 2.71 bits per heavy atom. The van der Waals surface area contributed by atoms with Crippen molar-refractivity contribution in [1.82, 2.24) is 44.5 Å². The number of H-pyrrole nitrogens is 1. The summed E-state index contributed by atoms with van der Waals surface area (Å²) in [6.45, 7) is -4.49. The molecule has 2 unspecified atom stereocenters. The summed E-state index contributed by atoms with van der Waals surface area (Å²) < 4.78 is 57.5. The second-order valence-electron chi connectivity index (χ2n) is 10.2. The van der Waals surface area contributed by atoms with Gasteiger partial charge in [-0.3, -0.25) is 18.9 Å². The van der Waals surface area contributed by atoms with Crippen molar-refractivity contribution in [1.29, 1.82) is 0 Å². The molecule has 7 rings (SSSR count). The first kappa shape index (κ1) is 27.6. The van der Waals surface area contributed by atoms with Gasteiger partial charge in [0.2, 0.25) is 5.95 Å². The molecule has 9 atom stereocenters. The van der Waals surface area contributed by atoms with Crippen molar-refractivity contribution in [3.8, 4) is 0 Å². The van der Waals surface area contributed by atoms with Crippen LogP contribution < -0.4 is 17.0 Å². The molecule has 0 saturated carbocycles. The Labute approximate surface area is 238 Å². The summed E-state index contributed by atoms with van der Waals surface area (Å²) in [4.78, 5) is 41.8. The van der Waals surface area contributed by atoms with E-state index in [0.29, 0.717) is 17.6 Å². The summed E-state index contributed by atoms with van der Waals surface area (Å²) in [5.74, 6) is -0.795. The third kappa shape index (κ3) is 4.53. The van der Waals surface area contributed by atoms with Gasteiger partial charge in [-0.15, -0.1) is 5.10 Å². The molecule has 4 aromatic heterocycles. The predicted molar refractivity (Wildman–Crippen MR) is 142 cm³/mol. The van der Waals surface area contributed by atoms with Gasteiger partial charge in [0, 0.05) is 5.92 Å². The van der Waals surface area contributed by atoms with Crippen molar-refractivity contribution >= 4 is 52.6 Å². The molecule has 7 heterocycles. The van der Waals surface area contributed by atoms with Gasteiger partial charge < -0.3 is 30.4 Å². The Hall–Kier alpha value is -3.26. The highest BCUT2D eigenvalue weighted by Crippen LogP contribution is 2.52. The van der Waals surface area contributed by atoms with Crippen LogP contribution in [-0.2, 0) is 30.3 Å². The summed E-state index contributed by atoms with van der Waals surface area (Å²) in [7, 11) is 0. The van der Waals surface area contributed by atoms with Gasteiger partial charge in [0.05, 0.1) is 25.1 Å². The highest BCUT2D eigenvalue weighted by molar-refractivity contribution is 8.07. The number of aromatic nitrogens is 9. The molecule has 3 saturated heterocycles. The van der Waals surface area contributed by atoms with Crippen LogP contribution in [0.3, 0.4) is 0 Å². The van der Waals surface area contributed by atoms with E-state index in [4.69, 9.17) is 41.8 Å². The second-order valence-corrected chi connectivity index (χ2v) is 13.0. The number of fused-ring (bicyclic) bond motifs is 5. The number of anilines is 2. The second kappa shape index (κ2) is 10.2. The summed E-state index contributed by atoms with van der Waals surface area (Å²) in [5.41, 5.74) is 11.2. The molecule has 3 aliphatic rings. The molecule has 0 aromatic carbocycles. The third-order valence-electron chi connectivity index (χ3n) is 7.68. The van der Waals surface area contributed by atoms with Gasteiger partial charge in [0.25, 0.3) is 5.56 Å². The van der Waals surface area contributed by atoms with Gasteiger partial charge in [-0.1, -0.05) is 11.6 Å². The Balaban J connectivity index is 1.17. The normalized spacial score (nSPS) is 35.7. The highest BCUT2D eigenvalue weighted by Gasteiger charge is 2.52. The SMILES string of the molecule is Nc1nc2c(nnn2[C@@H]2OC3CCC[C@H]4[C@H](F)[C@H](n5cnc6c(N)ncnc65)O[C@@H]4COP(O)(=S)O[C@@H]2[C@@H]3F)c(=O)[nH]1. The molecule has 3 fully saturated rings. The molecule has 2 bridgehead atoms. The van der Waals surface area contributed by atoms with Crippen LogP contribution in [0.2, 0.25) is 0 Å². The molecule has 17 nitrogen and oxygen atoms in total. The van der Waals surface area contributed by atoms with Gasteiger partial charge in [-0.2, -0.15) is 9.67 Å². The van der Waals surface area contributed by atoms with Crippen LogP contribution in [0, 0.1) is 5.92 Å². The van der Waals surface area contributed by atoms with E-state index in [9.17, 15) is 9.69 Å². The highest BCUT2D eigenvalue weighted by atomic mass is 32.5. The van der Waals surface area contributed by atoms with Gasteiger partial charge >= 0.3 is 6.72 Å². The van der Waals surface area contributed by atoms with Crippen molar-refractivity contribution < 1.29 is 32.2 Å². The number of hydrogen-bond acceptors (Lipinski definition) is 14. The lowest BCUT2D eigenvalue weighted by Gasteiger charge is -2.27. The lowest BCUT2D eigenvalue weighted by molar-refractivity contribution is -0.0481. The topological polar surface area (TPSA) is 229 Å². The molecule has 4 aromatic rings. The monoisotopic (exact) mass is 627 g/mol. The number of halogens is 2. The van der Waals surface area contributed by atoms with E-state index in [1.54, 1.807) is 0 Å². The van der Waals surface area contributed by atoms with E-state index in [0.717, 1.165) is 4.68 Å². The maximum atomic E-state index is 16.0. The number of nitrogens with one attached hydrogen (secondary N) is 1. The van der Waals surface area contributed by atoms with Crippen molar-refractivity contribution in [3.63, 3.8) is 0 Å². The number of ether oxygens (including phenoxy) is 2. The Morgan fingerprint density at radius 1 is 1.07 bits per heavy atom. The molecule has 0 spiro atoms. The molecular weight excluding hydrogens is 603 g/mol. The van der Waals surface area contributed by atoms with E-state index in [2.05, 4.69) is 35.2 Å². The first-order valence-electron chi connectivity index (χ1n) is 12.9. The Kier molecular flexibility index (Phi) is 6.68. The average Bonchev–Trinajstić information content (AvgIpc) is 3.69. The summed E-state index contributed by atoms with van der Waals surface area (Å²) in [6.07, 6.45) is -5.79. The van der Waals surface area contributed by atoms with Crippen LogP contribution in [0.25, 0.3) is 22.3 Å². The van der Waals surface area contributed by atoms with E-state index in [1.165, 1.54) is 17.2 Å². The molecule has 224 valence electrons. The first-order valence-corrected chi connectivity index (χ1v) is 15.5. The maximum absolute atomic E-state index is 16.0. The van der Waals surface area contributed by atoms with Crippen molar-refractivity contribution in [2.24, 2.45) is 5.92 Å². The summed E-state index contributed by atoms with van der Waals surface area (Å²) in [5, 5.41) is 7.70. The largest absolute Gasteiger partial charge is 0.382 e. The zero-order valence-electron chi connectivity index (χ0n) is 21.4. The number of hydrogen-bond donors (Lipinski definition) is 4. The quantitative estimate of drug-likeness (QED) is 0.221.